The lowest BCUT2D eigenvalue weighted by atomic mass is 10.2. The van der Waals surface area contributed by atoms with Crippen molar-refractivity contribution >= 4 is 5.91 Å². The highest BCUT2D eigenvalue weighted by molar-refractivity contribution is 5.93. The van der Waals surface area contributed by atoms with E-state index in [4.69, 9.17) is 9.15 Å². The summed E-state index contributed by atoms with van der Waals surface area (Å²) in [6.07, 6.45) is 5.27. The summed E-state index contributed by atoms with van der Waals surface area (Å²) in [5.74, 6) is 0.665. The molecule has 4 heterocycles. The van der Waals surface area contributed by atoms with E-state index in [1.807, 2.05) is 17.0 Å². The summed E-state index contributed by atoms with van der Waals surface area (Å²) in [4.78, 5) is 17.1. The Morgan fingerprint density at radius 2 is 2.24 bits per heavy atom. The largest absolute Gasteiger partial charge is 0.463 e. The van der Waals surface area contributed by atoms with Gasteiger partial charge in [-0.25, -0.2) is 0 Å². The van der Waals surface area contributed by atoms with Crippen LogP contribution in [0.4, 0.5) is 0 Å². The van der Waals surface area contributed by atoms with Crippen LogP contribution in [0.1, 0.15) is 29.8 Å². The lowest BCUT2D eigenvalue weighted by Gasteiger charge is -2.23. The average Bonchev–Trinajstić information content (AvgIpc) is 3.35. The van der Waals surface area contributed by atoms with Crippen molar-refractivity contribution in [1.29, 1.82) is 0 Å². The summed E-state index contributed by atoms with van der Waals surface area (Å²) in [5, 5.41) is 7.05. The Hall–Kier alpha value is -2.12. The molecule has 0 saturated carbocycles. The van der Waals surface area contributed by atoms with Gasteiger partial charge in [0.15, 0.2) is 11.5 Å². The van der Waals surface area contributed by atoms with Crippen molar-refractivity contribution in [2.75, 3.05) is 39.3 Å². The molecule has 0 bridgehead atoms. The number of carbonyl (C=O) groups is 1. The van der Waals surface area contributed by atoms with Gasteiger partial charge in [0.2, 0.25) is 0 Å². The van der Waals surface area contributed by atoms with Crippen LogP contribution in [0, 0.1) is 0 Å². The molecule has 25 heavy (non-hydrogen) atoms. The number of aromatic nitrogens is 2. The van der Waals surface area contributed by atoms with Crippen LogP contribution in [-0.4, -0.2) is 71.3 Å². The Balaban J connectivity index is 1.36. The summed E-state index contributed by atoms with van der Waals surface area (Å²) in [5.41, 5.74) is 1.17. The first kappa shape index (κ1) is 16.4. The molecule has 2 aromatic rings. The number of aromatic amines is 1. The van der Waals surface area contributed by atoms with Gasteiger partial charge in [-0.2, -0.15) is 5.10 Å². The van der Waals surface area contributed by atoms with Gasteiger partial charge in [0.1, 0.15) is 5.69 Å². The highest BCUT2D eigenvalue weighted by atomic mass is 16.5. The first-order valence-electron chi connectivity index (χ1n) is 9.02. The molecule has 2 aromatic heterocycles. The fourth-order valence-electron chi connectivity index (χ4n) is 3.58. The normalized spacial score (nSPS) is 22.2. The minimum Gasteiger partial charge on any atom is -0.463 e. The number of carbonyl (C=O) groups excluding carboxylic acids is 1. The molecule has 134 valence electrons. The van der Waals surface area contributed by atoms with Crippen LogP contribution in [0.5, 0.6) is 0 Å². The summed E-state index contributed by atoms with van der Waals surface area (Å²) >= 11 is 0. The van der Waals surface area contributed by atoms with E-state index >= 15 is 0 Å². The Bertz CT molecular complexity index is 691. The zero-order valence-electron chi connectivity index (χ0n) is 14.3. The van der Waals surface area contributed by atoms with Gasteiger partial charge in [0, 0.05) is 38.9 Å². The van der Waals surface area contributed by atoms with Gasteiger partial charge in [0.05, 0.1) is 12.4 Å². The molecule has 1 N–H and O–H groups in total. The van der Waals surface area contributed by atoms with Crippen molar-refractivity contribution in [3.8, 4) is 11.5 Å². The standard InChI is InChI=1S/C18H24N4O3/c23-18(16-12-15(19-20-16)17-5-2-11-25-17)22-7-3-6-21(8-9-22)13-14-4-1-10-24-14/h2,5,11-12,14H,1,3-4,6-10,13H2,(H,19,20). The smallest absolute Gasteiger partial charge is 0.274 e. The molecule has 2 aliphatic heterocycles. The fraction of sp³-hybridized carbons (Fsp3) is 0.556. The van der Waals surface area contributed by atoms with Gasteiger partial charge in [0.25, 0.3) is 5.91 Å². The van der Waals surface area contributed by atoms with Crippen LogP contribution in [-0.2, 0) is 4.74 Å². The molecule has 0 spiro atoms. The minimum atomic E-state index is -0.0203. The number of hydrogen-bond donors (Lipinski definition) is 1. The number of furan rings is 1. The van der Waals surface area contributed by atoms with Gasteiger partial charge in [-0.1, -0.05) is 0 Å². The van der Waals surface area contributed by atoms with Crippen LogP contribution in [0.3, 0.4) is 0 Å². The van der Waals surface area contributed by atoms with Crippen LogP contribution >= 0.6 is 0 Å². The molecule has 4 rings (SSSR count). The zero-order chi connectivity index (χ0) is 17.1. The number of ether oxygens (including phenoxy) is 1. The number of rotatable bonds is 4. The van der Waals surface area contributed by atoms with Gasteiger partial charge < -0.3 is 14.1 Å². The molecule has 0 radical (unpaired) electrons. The maximum atomic E-state index is 12.8. The molecular weight excluding hydrogens is 320 g/mol. The van der Waals surface area contributed by atoms with Crippen molar-refractivity contribution in [2.24, 2.45) is 0 Å². The van der Waals surface area contributed by atoms with E-state index in [1.54, 1.807) is 12.3 Å². The summed E-state index contributed by atoms with van der Waals surface area (Å²) < 4.78 is 11.1. The number of nitrogens with zero attached hydrogens (tertiary/aromatic N) is 3. The van der Waals surface area contributed by atoms with Crippen molar-refractivity contribution in [3.63, 3.8) is 0 Å². The van der Waals surface area contributed by atoms with E-state index in [2.05, 4.69) is 15.1 Å². The predicted octanol–water partition coefficient (Wildman–Crippen LogP) is 2.00. The van der Waals surface area contributed by atoms with E-state index in [9.17, 15) is 4.79 Å². The zero-order valence-corrected chi connectivity index (χ0v) is 14.3. The third kappa shape index (κ3) is 3.77. The fourth-order valence-corrected chi connectivity index (χ4v) is 3.58. The van der Waals surface area contributed by atoms with Gasteiger partial charge in [-0.3, -0.25) is 14.8 Å². The van der Waals surface area contributed by atoms with Crippen molar-refractivity contribution in [3.05, 3.63) is 30.2 Å². The second-order valence-corrected chi connectivity index (χ2v) is 6.73. The topological polar surface area (TPSA) is 74.6 Å². The first-order valence-corrected chi connectivity index (χ1v) is 9.02. The van der Waals surface area contributed by atoms with Crippen LogP contribution in [0.15, 0.2) is 28.9 Å². The van der Waals surface area contributed by atoms with E-state index in [0.29, 0.717) is 17.6 Å². The Morgan fingerprint density at radius 1 is 1.28 bits per heavy atom. The monoisotopic (exact) mass is 344 g/mol. The molecule has 2 saturated heterocycles. The molecule has 0 aliphatic carbocycles. The number of amides is 1. The Kier molecular flexibility index (Phi) is 4.85. The molecule has 0 aromatic carbocycles. The summed E-state index contributed by atoms with van der Waals surface area (Å²) in [7, 11) is 0. The van der Waals surface area contributed by atoms with E-state index in [0.717, 1.165) is 57.9 Å². The molecule has 1 unspecified atom stereocenters. The lowest BCUT2D eigenvalue weighted by molar-refractivity contribution is 0.0701. The van der Waals surface area contributed by atoms with Gasteiger partial charge in [-0.15, -0.1) is 0 Å². The average molecular weight is 344 g/mol. The lowest BCUT2D eigenvalue weighted by Crippen LogP contribution is -2.37. The summed E-state index contributed by atoms with van der Waals surface area (Å²) in [6.45, 7) is 5.27. The SMILES string of the molecule is O=C(c1cc(-c2ccco2)[nH]n1)N1CCCN(CC2CCCO2)CC1. The van der Waals surface area contributed by atoms with Crippen molar-refractivity contribution in [1.82, 2.24) is 20.0 Å². The summed E-state index contributed by atoms with van der Waals surface area (Å²) in [6, 6.07) is 5.42. The Morgan fingerprint density at radius 3 is 3.04 bits per heavy atom. The number of H-pyrrole nitrogens is 1. The molecule has 2 fully saturated rings. The van der Waals surface area contributed by atoms with Crippen LogP contribution < -0.4 is 0 Å². The third-order valence-corrected chi connectivity index (χ3v) is 4.95. The van der Waals surface area contributed by atoms with Gasteiger partial charge in [-0.05, 0) is 37.9 Å². The van der Waals surface area contributed by atoms with Crippen molar-refractivity contribution < 1.29 is 13.9 Å². The first-order chi connectivity index (χ1) is 12.3. The maximum absolute atomic E-state index is 12.8. The number of hydrogen-bond acceptors (Lipinski definition) is 5. The molecule has 2 aliphatic rings. The third-order valence-electron chi connectivity index (χ3n) is 4.95. The quantitative estimate of drug-likeness (QED) is 0.918. The van der Waals surface area contributed by atoms with E-state index in [1.165, 1.54) is 6.42 Å². The minimum absolute atomic E-state index is 0.0203. The number of nitrogens with one attached hydrogen (secondary N) is 1. The van der Waals surface area contributed by atoms with E-state index in [-0.39, 0.29) is 5.91 Å². The maximum Gasteiger partial charge on any atom is 0.274 e. The highest BCUT2D eigenvalue weighted by Crippen LogP contribution is 2.19. The van der Waals surface area contributed by atoms with Gasteiger partial charge >= 0.3 is 0 Å². The van der Waals surface area contributed by atoms with Crippen LogP contribution in [0.2, 0.25) is 0 Å². The molecule has 1 atom stereocenters. The van der Waals surface area contributed by atoms with E-state index < -0.39 is 0 Å². The van der Waals surface area contributed by atoms with Crippen molar-refractivity contribution in [2.45, 2.75) is 25.4 Å². The molecule has 7 heteroatoms. The van der Waals surface area contributed by atoms with Crippen LogP contribution in [0.25, 0.3) is 11.5 Å². The highest BCUT2D eigenvalue weighted by Gasteiger charge is 2.25. The molecule has 1 amide bonds. The second-order valence-electron chi connectivity index (χ2n) is 6.73. The molecular formula is C18H24N4O3. The Labute approximate surface area is 146 Å². The second kappa shape index (κ2) is 7.41. The predicted molar refractivity (Wildman–Crippen MR) is 92.2 cm³/mol. The molecule has 7 nitrogen and oxygen atoms in total.